The number of amides is 1. The topological polar surface area (TPSA) is 59.8 Å². The molecule has 0 saturated carbocycles. The first-order chi connectivity index (χ1) is 14.5. The summed E-state index contributed by atoms with van der Waals surface area (Å²) in [4.78, 5) is 12.5. The molecule has 0 atom stereocenters. The van der Waals surface area contributed by atoms with E-state index in [-0.39, 0.29) is 17.7 Å². The second-order valence-electron chi connectivity index (χ2n) is 6.85. The van der Waals surface area contributed by atoms with Gasteiger partial charge in [-0.2, -0.15) is 0 Å². The number of rotatable bonds is 6. The van der Waals surface area contributed by atoms with E-state index in [0.717, 1.165) is 16.8 Å². The van der Waals surface area contributed by atoms with Gasteiger partial charge in [-0.3, -0.25) is 9.36 Å². The Morgan fingerprint density at radius 3 is 2.60 bits per heavy atom. The molecule has 2 aromatic carbocycles. The third kappa shape index (κ3) is 4.21. The summed E-state index contributed by atoms with van der Waals surface area (Å²) in [7, 11) is 0. The number of carbonyl (C=O) groups is 1. The van der Waals surface area contributed by atoms with Crippen molar-refractivity contribution in [3.05, 3.63) is 57.9 Å². The van der Waals surface area contributed by atoms with Gasteiger partial charge in [-0.15, -0.1) is 21.5 Å². The maximum absolute atomic E-state index is 12.5. The molecule has 5 nitrogen and oxygen atoms in total. The second kappa shape index (κ2) is 8.98. The molecule has 0 saturated heterocycles. The number of fused-ring (bicyclic) bond motifs is 1. The minimum absolute atomic E-state index is 0.136. The molecule has 154 valence electrons. The highest BCUT2D eigenvalue weighted by Gasteiger charge is 2.20. The van der Waals surface area contributed by atoms with Crippen molar-refractivity contribution in [2.45, 2.75) is 25.0 Å². The number of benzene rings is 2. The lowest BCUT2D eigenvalue weighted by Crippen LogP contribution is -2.15. The van der Waals surface area contributed by atoms with Gasteiger partial charge < -0.3 is 5.32 Å². The summed E-state index contributed by atoms with van der Waals surface area (Å²) >= 11 is 15.3. The fourth-order valence-electron chi connectivity index (χ4n) is 3.10. The smallest absolute Gasteiger partial charge is 0.234 e. The normalized spacial score (nSPS) is 11.4. The van der Waals surface area contributed by atoms with Crippen LogP contribution in [0.1, 0.15) is 19.9 Å². The Labute approximate surface area is 192 Å². The number of hydrogen-bond acceptors (Lipinski definition) is 5. The number of thiophene rings is 1. The van der Waals surface area contributed by atoms with Crippen molar-refractivity contribution < 1.29 is 4.79 Å². The molecule has 1 N–H and O–H groups in total. The Morgan fingerprint density at radius 2 is 1.87 bits per heavy atom. The molecule has 4 rings (SSSR count). The van der Waals surface area contributed by atoms with E-state index in [9.17, 15) is 4.79 Å². The van der Waals surface area contributed by atoms with Crippen LogP contribution in [0.4, 0.5) is 5.69 Å². The lowest BCUT2D eigenvalue weighted by molar-refractivity contribution is -0.113. The average molecular weight is 477 g/mol. The van der Waals surface area contributed by atoms with Crippen molar-refractivity contribution in [2.75, 3.05) is 11.1 Å². The van der Waals surface area contributed by atoms with E-state index in [1.54, 1.807) is 29.5 Å². The molecule has 0 aliphatic carbocycles. The summed E-state index contributed by atoms with van der Waals surface area (Å²) in [6.45, 7) is 4.16. The Balaban J connectivity index is 1.56. The molecule has 1 amide bonds. The van der Waals surface area contributed by atoms with E-state index >= 15 is 0 Å². The van der Waals surface area contributed by atoms with Crippen LogP contribution in [0.5, 0.6) is 0 Å². The van der Waals surface area contributed by atoms with Gasteiger partial charge >= 0.3 is 0 Å². The van der Waals surface area contributed by atoms with Gasteiger partial charge in [0, 0.05) is 27.1 Å². The third-order valence-electron chi connectivity index (χ3n) is 4.46. The maximum atomic E-state index is 12.5. The van der Waals surface area contributed by atoms with Gasteiger partial charge in [-0.05, 0) is 32.0 Å². The average Bonchev–Trinajstić information content (AvgIpc) is 3.33. The van der Waals surface area contributed by atoms with Gasteiger partial charge in [0.15, 0.2) is 11.0 Å². The number of aromatic nitrogens is 3. The summed E-state index contributed by atoms with van der Waals surface area (Å²) in [5.74, 6) is 0.756. The van der Waals surface area contributed by atoms with Gasteiger partial charge in [0.05, 0.1) is 21.5 Å². The molecule has 0 aliphatic rings. The van der Waals surface area contributed by atoms with Crippen molar-refractivity contribution >= 4 is 68.0 Å². The minimum Gasteiger partial charge on any atom is -0.323 e. The van der Waals surface area contributed by atoms with Crippen molar-refractivity contribution in [2.24, 2.45) is 0 Å². The highest BCUT2D eigenvalue weighted by molar-refractivity contribution is 7.99. The first-order valence-electron chi connectivity index (χ1n) is 9.24. The lowest BCUT2D eigenvalue weighted by atomic mass is 10.1. The molecule has 0 radical (unpaired) electrons. The van der Waals surface area contributed by atoms with Crippen molar-refractivity contribution in [1.29, 1.82) is 0 Å². The lowest BCUT2D eigenvalue weighted by Gasteiger charge is -2.14. The van der Waals surface area contributed by atoms with Gasteiger partial charge in [-0.1, -0.05) is 59.2 Å². The number of anilines is 1. The fraction of sp³-hybridized carbons (Fsp3) is 0.190. The quantitative estimate of drug-likeness (QED) is 0.311. The third-order valence-corrected chi connectivity index (χ3v) is 7.00. The molecule has 0 aliphatic heterocycles. The Morgan fingerprint density at radius 1 is 1.13 bits per heavy atom. The van der Waals surface area contributed by atoms with E-state index in [1.165, 1.54) is 16.5 Å². The first-order valence-corrected chi connectivity index (χ1v) is 11.9. The summed E-state index contributed by atoms with van der Waals surface area (Å²) in [5, 5.41) is 16.3. The molecular formula is C21H18Cl2N4OS2. The van der Waals surface area contributed by atoms with Crippen molar-refractivity contribution in [3.63, 3.8) is 0 Å². The number of halogens is 2. The van der Waals surface area contributed by atoms with Gasteiger partial charge in [0.2, 0.25) is 5.91 Å². The Bertz CT molecular complexity index is 1200. The molecule has 0 bridgehead atoms. The SMILES string of the molecule is CC(C)n1c(SCC(=O)Nc2c(Cl)cccc2Cl)nnc1-c1csc2ccccc12. The molecule has 0 unspecified atom stereocenters. The summed E-state index contributed by atoms with van der Waals surface area (Å²) in [5.41, 5.74) is 1.47. The molecule has 0 fully saturated rings. The zero-order valence-corrected chi connectivity index (χ0v) is 19.4. The van der Waals surface area contributed by atoms with Crippen LogP contribution in [0.3, 0.4) is 0 Å². The zero-order chi connectivity index (χ0) is 21.3. The standard InChI is InChI=1S/C21H18Cl2N4OS2/c1-12(2)27-20(14-10-29-17-9-4-3-6-13(14)17)25-26-21(27)30-11-18(28)24-19-15(22)7-5-8-16(19)23/h3-10,12H,11H2,1-2H3,(H,24,28). The van der Waals surface area contributed by atoms with E-state index < -0.39 is 0 Å². The van der Waals surface area contributed by atoms with E-state index in [2.05, 4.69) is 51.4 Å². The highest BCUT2D eigenvalue weighted by atomic mass is 35.5. The van der Waals surface area contributed by atoms with Crippen LogP contribution in [-0.2, 0) is 4.79 Å². The first kappa shape index (κ1) is 21.2. The van der Waals surface area contributed by atoms with Gasteiger partial charge in [-0.25, -0.2) is 0 Å². The number of thioether (sulfide) groups is 1. The molecule has 30 heavy (non-hydrogen) atoms. The second-order valence-corrected chi connectivity index (χ2v) is 9.52. The van der Waals surface area contributed by atoms with Crippen LogP contribution >= 0.6 is 46.3 Å². The molecule has 9 heteroatoms. The van der Waals surface area contributed by atoms with E-state index in [1.807, 2.05) is 12.1 Å². The molecule has 2 aromatic heterocycles. The van der Waals surface area contributed by atoms with Crippen molar-refractivity contribution in [1.82, 2.24) is 14.8 Å². The summed E-state index contributed by atoms with van der Waals surface area (Å²) in [6, 6.07) is 13.5. The van der Waals surface area contributed by atoms with Crippen LogP contribution in [0.25, 0.3) is 21.5 Å². The minimum atomic E-state index is -0.212. The van der Waals surface area contributed by atoms with Crippen LogP contribution in [0, 0.1) is 0 Å². The highest BCUT2D eigenvalue weighted by Crippen LogP contribution is 2.36. The van der Waals surface area contributed by atoms with Gasteiger partial charge in [0.1, 0.15) is 0 Å². The summed E-state index contributed by atoms with van der Waals surface area (Å²) in [6.07, 6.45) is 0. The van der Waals surface area contributed by atoms with E-state index in [4.69, 9.17) is 23.2 Å². The fourth-order valence-corrected chi connectivity index (χ4v) is 5.40. The largest absolute Gasteiger partial charge is 0.323 e. The summed E-state index contributed by atoms with van der Waals surface area (Å²) < 4.78 is 3.27. The predicted molar refractivity (Wildman–Crippen MR) is 127 cm³/mol. The van der Waals surface area contributed by atoms with Crippen LogP contribution in [-0.4, -0.2) is 26.4 Å². The van der Waals surface area contributed by atoms with Crippen molar-refractivity contribution in [3.8, 4) is 11.4 Å². The van der Waals surface area contributed by atoms with Crippen LogP contribution in [0.15, 0.2) is 53.0 Å². The molecule has 4 aromatic rings. The van der Waals surface area contributed by atoms with E-state index in [0.29, 0.717) is 20.9 Å². The molecule has 0 spiro atoms. The maximum Gasteiger partial charge on any atom is 0.234 e. The number of nitrogens with zero attached hydrogens (tertiary/aromatic N) is 3. The van der Waals surface area contributed by atoms with Crippen LogP contribution in [0.2, 0.25) is 10.0 Å². The monoisotopic (exact) mass is 476 g/mol. The number of carbonyl (C=O) groups excluding carboxylic acids is 1. The Hall–Kier alpha value is -2.06. The molecular weight excluding hydrogens is 459 g/mol. The number of hydrogen-bond donors (Lipinski definition) is 1. The number of para-hydroxylation sites is 1. The van der Waals surface area contributed by atoms with Gasteiger partial charge in [0.25, 0.3) is 0 Å². The Kier molecular flexibility index (Phi) is 6.34. The molecule has 2 heterocycles. The predicted octanol–water partition coefficient (Wildman–Crippen LogP) is 6.78. The number of nitrogens with one attached hydrogen (secondary N) is 1. The van der Waals surface area contributed by atoms with Crippen LogP contribution < -0.4 is 5.32 Å². The zero-order valence-electron chi connectivity index (χ0n) is 16.2.